The first kappa shape index (κ1) is 28.3. The molecule has 11 atom stereocenters. The Morgan fingerprint density at radius 3 is 2.26 bits per heavy atom. The number of fused-ring (bicyclic) bond motifs is 5. The van der Waals surface area contributed by atoms with Crippen molar-refractivity contribution < 1.29 is 18.9 Å². The summed E-state index contributed by atoms with van der Waals surface area (Å²) in [6.45, 7) is 11.1. The van der Waals surface area contributed by atoms with E-state index in [0.717, 1.165) is 35.4 Å². The minimum atomic E-state index is 0.311. The van der Waals surface area contributed by atoms with Crippen LogP contribution in [0.2, 0.25) is 0 Å². The predicted molar refractivity (Wildman–Crippen MR) is 145 cm³/mol. The molecule has 4 fully saturated rings. The Labute approximate surface area is 224 Å². The molecule has 0 radical (unpaired) electrons. The van der Waals surface area contributed by atoms with E-state index in [1.165, 1.54) is 57.8 Å². The van der Waals surface area contributed by atoms with Crippen molar-refractivity contribution in [2.45, 2.75) is 104 Å². The Balaban J connectivity index is 1.64. The lowest BCUT2D eigenvalue weighted by molar-refractivity contribution is -0.239. The molecular formula is C30H53BrO4. The van der Waals surface area contributed by atoms with E-state index in [9.17, 15) is 0 Å². The van der Waals surface area contributed by atoms with Gasteiger partial charge in [0.25, 0.3) is 0 Å². The zero-order valence-corrected chi connectivity index (χ0v) is 25.0. The number of rotatable bonds is 11. The van der Waals surface area contributed by atoms with Crippen molar-refractivity contribution in [2.75, 3.05) is 33.1 Å². The van der Waals surface area contributed by atoms with E-state index < -0.39 is 0 Å². The molecule has 0 heterocycles. The van der Waals surface area contributed by atoms with Crippen molar-refractivity contribution >= 4 is 15.9 Å². The fraction of sp³-hybridized carbons (Fsp3) is 1.00. The molecule has 0 aromatic rings. The topological polar surface area (TPSA) is 36.9 Å². The second-order valence-corrected chi connectivity index (χ2v) is 13.8. The van der Waals surface area contributed by atoms with Gasteiger partial charge in [0.05, 0.1) is 12.2 Å². The van der Waals surface area contributed by atoms with Gasteiger partial charge in [-0.3, -0.25) is 0 Å². The smallest absolute Gasteiger partial charge is 0.146 e. The van der Waals surface area contributed by atoms with E-state index in [2.05, 4.69) is 43.6 Å². The summed E-state index contributed by atoms with van der Waals surface area (Å²) in [5.41, 5.74) is 0.855. The first-order chi connectivity index (χ1) is 16.9. The molecule has 0 saturated heterocycles. The zero-order valence-electron chi connectivity index (χ0n) is 23.4. The molecule has 0 aliphatic heterocycles. The number of hydrogen-bond acceptors (Lipinski definition) is 4. The summed E-state index contributed by atoms with van der Waals surface area (Å²) >= 11 is 3.67. The molecule has 4 aliphatic carbocycles. The van der Waals surface area contributed by atoms with Gasteiger partial charge in [-0.25, -0.2) is 0 Å². The maximum atomic E-state index is 6.74. The van der Waals surface area contributed by atoms with Crippen LogP contribution < -0.4 is 0 Å². The molecule has 0 amide bonds. The second-order valence-electron chi connectivity index (χ2n) is 13.0. The number of hydrogen-bond donors (Lipinski definition) is 0. The van der Waals surface area contributed by atoms with Gasteiger partial charge in [-0.2, -0.15) is 0 Å². The van der Waals surface area contributed by atoms with Crippen molar-refractivity contribution in [1.29, 1.82) is 0 Å². The van der Waals surface area contributed by atoms with Crippen LogP contribution in [0.4, 0.5) is 0 Å². The Kier molecular flexibility index (Phi) is 9.72. The van der Waals surface area contributed by atoms with Crippen molar-refractivity contribution in [3.63, 3.8) is 0 Å². The van der Waals surface area contributed by atoms with E-state index in [-0.39, 0.29) is 0 Å². The summed E-state index contributed by atoms with van der Waals surface area (Å²) in [6, 6.07) is 0. The summed E-state index contributed by atoms with van der Waals surface area (Å²) in [5, 5.41) is 1.13. The van der Waals surface area contributed by atoms with Gasteiger partial charge >= 0.3 is 0 Å². The quantitative estimate of drug-likeness (QED) is 0.193. The molecule has 204 valence electrons. The first-order valence-corrected chi connectivity index (χ1v) is 15.7. The molecule has 0 spiro atoms. The highest BCUT2D eigenvalue weighted by Crippen LogP contribution is 2.70. The van der Waals surface area contributed by atoms with E-state index in [4.69, 9.17) is 18.9 Å². The SMILES string of the molecule is CC[C@@H]1C2C[C@H](OCOC)CC[C@]2(C)C2CCC3(C)C(CC[C@@H]3[C@H](C)CCCBr)C2[C@@H]1OCOC. The molecule has 0 N–H and O–H groups in total. The van der Waals surface area contributed by atoms with Crippen LogP contribution in [-0.2, 0) is 18.9 Å². The highest BCUT2D eigenvalue weighted by Gasteiger charge is 2.65. The normalized spacial score (nSPS) is 46.0. The predicted octanol–water partition coefficient (Wildman–Crippen LogP) is 7.68. The molecule has 0 aromatic carbocycles. The molecule has 4 aliphatic rings. The lowest BCUT2D eigenvalue weighted by atomic mass is 9.41. The van der Waals surface area contributed by atoms with Gasteiger partial charge in [0, 0.05) is 19.5 Å². The van der Waals surface area contributed by atoms with E-state index in [0.29, 0.717) is 54.4 Å². The first-order valence-electron chi connectivity index (χ1n) is 14.6. The Morgan fingerprint density at radius 1 is 0.886 bits per heavy atom. The van der Waals surface area contributed by atoms with Crippen LogP contribution in [0.5, 0.6) is 0 Å². The lowest BCUT2D eigenvalue weighted by Gasteiger charge is -2.65. The molecule has 4 rings (SSSR count). The fourth-order valence-corrected chi connectivity index (χ4v) is 10.5. The molecule has 0 aromatic heterocycles. The average Bonchev–Trinajstić information content (AvgIpc) is 3.21. The van der Waals surface area contributed by atoms with Crippen LogP contribution in [0.25, 0.3) is 0 Å². The number of halogens is 1. The highest BCUT2D eigenvalue weighted by atomic mass is 79.9. The van der Waals surface area contributed by atoms with E-state index in [1.54, 1.807) is 14.2 Å². The molecular weight excluding hydrogens is 504 g/mol. The molecule has 0 bridgehead atoms. The summed E-state index contributed by atoms with van der Waals surface area (Å²) in [5.74, 6) is 5.13. The van der Waals surface area contributed by atoms with E-state index in [1.807, 2.05) is 0 Å². The summed E-state index contributed by atoms with van der Waals surface area (Å²) in [7, 11) is 3.51. The van der Waals surface area contributed by atoms with Crippen LogP contribution in [0.3, 0.4) is 0 Å². The summed E-state index contributed by atoms with van der Waals surface area (Å²) in [6.07, 6.45) is 13.7. The van der Waals surface area contributed by atoms with Crippen LogP contribution in [0, 0.1) is 52.3 Å². The Bertz CT molecular complexity index is 675. The largest absolute Gasteiger partial charge is 0.359 e. The molecule has 4 saturated carbocycles. The molecule has 4 nitrogen and oxygen atoms in total. The molecule has 35 heavy (non-hydrogen) atoms. The van der Waals surface area contributed by atoms with Crippen molar-refractivity contribution in [2.24, 2.45) is 52.3 Å². The summed E-state index contributed by atoms with van der Waals surface area (Å²) in [4.78, 5) is 0. The second kappa shape index (κ2) is 12.0. The minimum Gasteiger partial charge on any atom is -0.359 e. The van der Waals surface area contributed by atoms with Crippen LogP contribution >= 0.6 is 15.9 Å². The van der Waals surface area contributed by atoms with Crippen molar-refractivity contribution in [1.82, 2.24) is 0 Å². The third-order valence-electron chi connectivity index (χ3n) is 11.7. The number of ether oxygens (including phenoxy) is 4. The van der Waals surface area contributed by atoms with E-state index >= 15 is 0 Å². The summed E-state index contributed by atoms with van der Waals surface area (Å²) < 4.78 is 23.7. The van der Waals surface area contributed by atoms with Crippen molar-refractivity contribution in [3.8, 4) is 0 Å². The highest BCUT2D eigenvalue weighted by molar-refractivity contribution is 9.09. The van der Waals surface area contributed by atoms with Gasteiger partial charge in [-0.15, -0.1) is 0 Å². The number of methoxy groups -OCH3 is 2. The lowest BCUT2D eigenvalue weighted by Crippen LogP contribution is -2.63. The standard InChI is InChI=1S/C30H53BrO4/c1-7-22-26-17-21(34-18-32-5)12-14-30(26,4)25-13-15-29(3)23(20(2)9-8-16-31)10-11-24(29)27(25)28(22)35-19-33-6/h20-28H,7-19H2,1-6H3/t20-,21-,22-,23-,24?,25?,26?,27?,28-,29?,30-/m1/s1. The van der Waals surface area contributed by atoms with Gasteiger partial charge in [-0.1, -0.05) is 50.0 Å². The van der Waals surface area contributed by atoms with Gasteiger partial charge in [0.15, 0.2) is 0 Å². The minimum absolute atomic E-state index is 0.311. The number of alkyl halides is 1. The monoisotopic (exact) mass is 556 g/mol. The molecule has 5 unspecified atom stereocenters. The Morgan fingerprint density at radius 2 is 1.57 bits per heavy atom. The van der Waals surface area contributed by atoms with Gasteiger partial charge in [0.2, 0.25) is 0 Å². The fourth-order valence-electron chi connectivity index (χ4n) is 10.2. The van der Waals surface area contributed by atoms with Crippen molar-refractivity contribution in [3.05, 3.63) is 0 Å². The molecule has 5 heteroatoms. The van der Waals surface area contributed by atoms with Crippen LogP contribution in [0.15, 0.2) is 0 Å². The average molecular weight is 558 g/mol. The Hall–Kier alpha value is 0.320. The zero-order chi connectivity index (χ0) is 25.2. The van der Waals surface area contributed by atoms with Gasteiger partial charge in [0.1, 0.15) is 13.6 Å². The maximum Gasteiger partial charge on any atom is 0.146 e. The third-order valence-corrected chi connectivity index (χ3v) is 12.3. The maximum absolute atomic E-state index is 6.74. The van der Waals surface area contributed by atoms with Crippen LogP contribution in [0.1, 0.15) is 91.9 Å². The van der Waals surface area contributed by atoms with Gasteiger partial charge < -0.3 is 18.9 Å². The third kappa shape index (κ3) is 5.16. The van der Waals surface area contributed by atoms with Crippen LogP contribution in [-0.4, -0.2) is 45.3 Å². The van der Waals surface area contributed by atoms with Gasteiger partial charge in [-0.05, 0) is 110 Å².